The van der Waals surface area contributed by atoms with Crippen LogP contribution in [0.2, 0.25) is 0 Å². The molecular formula is C25H19N5O4S. The van der Waals surface area contributed by atoms with Gasteiger partial charge in [0.15, 0.2) is 23.9 Å². The third kappa shape index (κ3) is 4.87. The van der Waals surface area contributed by atoms with Crippen molar-refractivity contribution in [2.45, 2.75) is 0 Å². The molecule has 3 aromatic heterocycles. The van der Waals surface area contributed by atoms with Gasteiger partial charge in [0.2, 0.25) is 4.96 Å². The highest BCUT2D eigenvalue weighted by Gasteiger charge is 2.13. The molecule has 0 aliphatic rings. The quantitative estimate of drug-likeness (QED) is 0.378. The van der Waals surface area contributed by atoms with Crippen molar-refractivity contribution in [3.63, 3.8) is 0 Å². The van der Waals surface area contributed by atoms with Crippen LogP contribution >= 0.6 is 11.3 Å². The first-order valence-electron chi connectivity index (χ1n) is 10.6. The Hall–Kier alpha value is -4.57. The van der Waals surface area contributed by atoms with Gasteiger partial charge in [-0.2, -0.15) is 9.50 Å². The van der Waals surface area contributed by atoms with E-state index in [2.05, 4.69) is 20.4 Å². The standard InChI is InChI=1S/C25H19N5O4S/c1-33-20-13-16(7-8-19(20)34-15-22(31)27-18-5-3-2-4-6-18)14-21-24(32)30-25(35-21)28-23(29-30)17-9-11-26-12-10-17/h2-14H,15H2,1H3,(H,27,31)/b21-14-. The van der Waals surface area contributed by atoms with E-state index >= 15 is 0 Å². The highest BCUT2D eigenvalue weighted by Crippen LogP contribution is 2.28. The van der Waals surface area contributed by atoms with Gasteiger partial charge >= 0.3 is 0 Å². The Labute approximate surface area is 203 Å². The van der Waals surface area contributed by atoms with Gasteiger partial charge in [0.1, 0.15) is 0 Å². The van der Waals surface area contributed by atoms with Crippen LogP contribution in [0.25, 0.3) is 22.4 Å². The molecule has 0 spiro atoms. The zero-order chi connectivity index (χ0) is 24.2. The number of pyridine rings is 1. The predicted octanol–water partition coefficient (Wildman–Crippen LogP) is 2.79. The molecule has 10 heteroatoms. The summed E-state index contributed by atoms with van der Waals surface area (Å²) < 4.78 is 12.9. The van der Waals surface area contributed by atoms with Gasteiger partial charge in [0, 0.05) is 23.6 Å². The van der Waals surface area contributed by atoms with E-state index in [0.29, 0.717) is 32.5 Å². The van der Waals surface area contributed by atoms with Crippen molar-refractivity contribution < 1.29 is 14.3 Å². The van der Waals surface area contributed by atoms with Gasteiger partial charge in [-0.3, -0.25) is 14.6 Å². The molecule has 1 amide bonds. The smallest absolute Gasteiger partial charge is 0.291 e. The summed E-state index contributed by atoms with van der Waals surface area (Å²) in [5.41, 5.74) is 1.96. The maximum atomic E-state index is 12.9. The largest absolute Gasteiger partial charge is 0.493 e. The van der Waals surface area contributed by atoms with Gasteiger partial charge in [0.25, 0.3) is 11.5 Å². The molecule has 0 saturated carbocycles. The van der Waals surface area contributed by atoms with Gasteiger partial charge in [-0.05, 0) is 48.0 Å². The number of ether oxygens (including phenoxy) is 2. The maximum absolute atomic E-state index is 12.9. The molecule has 0 aliphatic carbocycles. The highest BCUT2D eigenvalue weighted by atomic mass is 32.1. The highest BCUT2D eigenvalue weighted by molar-refractivity contribution is 7.15. The number of methoxy groups -OCH3 is 1. The molecule has 5 rings (SSSR count). The monoisotopic (exact) mass is 485 g/mol. The number of thiazole rings is 1. The van der Waals surface area contributed by atoms with Crippen LogP contribution < -0.4 is 24.9 Å². The van der Waals surface area contributed by atoms with E-state index in [4.69, 9.17) is 9.47 Å². The molecule has 0 atom stereocenters. The van der Waals surface area contributed by atoms with E-state index in [1.54, 1.807) is 60.9 Å². The normalized spacial score (nSPS) is 11.5. The van der Waals surface area contributed by atoms with E-state index in [0.717, 1.165) is 11.1 Å². The Morgan fingerprint density at radius 3 is 2.63 bits per heavy atom. The second-order valence-corrected chi connectivity index (χ2v) is 8.40. The summed E-state index contributed by atoms with van der Waals surface area (Å²) in [6.45, 7) is -0.174. The number of hydrogen-bond acceptors (Lipinski definition) is 8. The maximum Gasteiger partial charge on any atom is 0.291 e. The second-order valence-electron chi connectivity index (χ2n) is 7.39. The van der Waals surface area contributed by atoms with Crippen molar-refractivity contribution in [3.05, 3.63) is 93.5 Å². The van der Waals surface area contributed by atoms with Gasteiger partial charge in [-0.1, -0.05) is 35.6 Å². The molecule has 0 radical (unpaired) electrons. The fraction of sp³-hybridized carbons (Fsp3) is 0.0800. The lowest BCUT2D eigenvalue weighted by Crippen LogP contribution is -2.23. The lowest BCUT2D eigenvalue weighted by atomic mass is 10.2. The molecule has 3 heterocycles. The molecular weight excluding hydrogens is 466 g/mol. The summed E-state index contributed by atoms with van der Waals surface area (Å²) in [5.74, 6) is 1.05. The summed E-state index contributed by atoms with van der Waals surface area (Å²) in [4.78, 5) is 34.0. The summed E-state index contributed by atoms with van der Waals surface area (Å²) in [6, 6.07) is 17.9. The van der Waals surface area contributed by atoms with E-state index in [9.17, 15) is 9.59 Å². The number of fused-ring (bicyclic) bond motifs is 1. The Bertz CT molecular complexity index is 1600. The topological polar surface area (TPSA) is 108 Å². The number of nitrogens with one attached hydrogen (secondary N) is 1. The lowest BCUT2D eigenvalue weighted by Gasteiger charge is -2.11. The fourth-order valence-corrected chi connectivity index (χ4v) is 4.27. The van der Waals surface area contributed by atoms with Crippen molar-refractivity contribution in [1.29, 1.82) is 0 Å². The number of carbonyl (C=O) groups excluding carboxylic acids is 1. The molecule has 0 bridgehead atoms. The molecule has 5 aromatic rings. The number of rotatable bonds is 7. The third-order valence-corrected chi connectivity index (χ3v) is 5.98. The average molecular weight is 486 g/mol. The van der Waals surface area contributed by atoms with Crippen molar-refractivity contribution in [2.75, 3.05) is 19.0 Å². The Morgan fingerprint density at radius 2 is 1.89 bits per heavy atom. The Morgan fingerprint density at radius 1 is 1.09 bits per heavy atom. The Balaban J connectivity index is 1.34. The number of nitrogens with zero attached hydrogens (tertiary/aromatic N) is 4. The number of carbonyl (C=O) groups is 1. The first kappa shape index (κ1) is 22.2. The van der Waals surface area contributed by atoms with Crippen LogP contribution in [0.1, 0.15) is 5.56 Å². The molecule has 0 saturated heterocycles. The van der Waals surface area contributed by atoms with Gasteiger partial charge in [-0.25, -0.2) is 0 Å². The number of anilines is 1. The van der Waals surface area contributed by atoms with Crippen LogP contribution in [-0.2, 0) is 4.79 Å². The third-order valence-electron chi connectivity index (χ3n) is 5.02. The van der Waals surface area contributed by atoms with Gasteiger partial charge in [0.05, 0.1) is 11.6 Å². The van der Waals surface area contributed by atoms with Crippen molar-refractivity contribution in [3.8, 4) is 22.9 Å². The van der Waals surface area contributed by atoms with Crippen molar-refractivity contribution in [1.82, 2.24) is 19.6 Å². The molecule has 35 heavy (non-hydrogen) atoms. The second kappa shape index (κ2) is 9.74. The molecule has 9 nitrogen and oxygen atoms in total. The predicted molar refractivity (Wildman–Crippen MR) is 133 cm³/mol. The molecule has 1 N–H and O–H groups in total. The first-order chi connectivity index (χ1) is 17.1. The average Bonchev–Trinajstić information content (AvgIpc) is 3.43. The lowest BCUT2D eigenvalue weighted by molar-refractivity contribution is -0.118. The van der Waals surface area contributed by atoms with Gasteiger partial charge in [-0.15, -0.1) is 5.10 Å². The molecule has 0 aliphatic heterocycles. The molecule has 0 fully saturated rings. The van der Waals surface area contributed by atoms with Crippen molar-refractivity contribution >= 4 is 34.0 Å². The summed E-state index contributed by atoms with van der Waals surface area (Å²) in [5, 5.41) is 7.10. The first-order valence-corrected chi connectivity index (χ1v) is 11.4. The fourth-order valence-electron chi connectivity index (χ4n) is 3.36. The van der Waals surface area contributed by atoms with E-state index in [1.165, 1.54) is 23.0 Å². The SMILES string of the molecule is COc1cc(/C=c2\sc3nc(-c4ccncc4)nn3c2=O)ccc1OCC(=O)Nc1ccccc1. The van der Waals surface area contributed by atoms with E-state index < -0.39 is 0 Å². The van der Waals surface area contributed by atoms with Crippen LogP contribution in [0, 0.1) is 0 Å². The molecule has 0 unspecified atom stereocenters. The van der Waals surface area contributed by atoms with Crippen LogP contribution in [0.15, 0.2) is 77.9 Å². The minimum Gasteiger partial charge on any atom is -0.493 e. The molecule has 2 aromatic carbocycles. The number of hydrogen-bond donors (Lipinski definition) is 1. The number of benzene rings is 2. The van der Waals surface area contributed by atoms with Gasteiger partial charge < -0.3 is 14.8 Å². The zero-order valence-electron chi connectivity index (χ0n) is 18.5. The zero-order valence-corrected chi connectivity index (χ0v) is 19.4. The summed E-state index contributed by atoms with van der Waals surface area (Å²) >= 11 is 1.25. The number of aromatic nitrogens is 4. The minimum absolute atomic E-state index is 0.174. The Kier molecular flexibility index (Phi) is 6.18. The van der Waals surface area contributed by atoms with Crippen LogP contribution in [0.3, 0.4) is 0 Å². The number of amides is 1. The molecule has 174 valence electrons. The summed E-state index contributed by atoms with van der Waals surface area (Å²) in [7, 11) is 1.51. The number of para-hydroxylation sites is 1. The van der Waals surface area contributed by atoms with Crippen LogP contribution in [0.4, 0.5) is 5.69 Å². The van der Waals surface area contributed by atoms with Crippen LogP contribution in [-0.4, -0.2) is 39.2 Å². The summed E-state index contributed by atoms with van der Waals surface area (Å²) in [6.07, 6.45) is 5.04. The van der Waals surface area contributed by atoms with Crippen LogP contribution in [0.5, 0.6) is 11.5 Å². The van der Waals surface area contributed by atoms with E-state index in [-0.39, 0.29) is 18.1 Å². The minimum atomic E-state index is -0.287. The van der Waals surface area contributed by atoms with E-state index in [1.807, 2.05) is 18.2 Å². The van der Waals surface area contributed by atoms with Crippen molar-refractivity contribution in [2.24, 2.45) is 0 Å².